The summed E-state index contributed by atoms with van der Waals surface area (Å²) in [6.45, 7) is 2.01. The summed E-state index contributed by atoms with van der Waals surface area (Å²) in [7, 11) is -3.08. The summed E-state index contributed by atoms with van der Waals surface area (Å²) in [4.78, 5) is 6.72. The van der Waals surface area contributed by atoms with Gasteiger partial charge in [-0.1, -0.05) is 47.1 Å². The molecule has 2 aliphatic rings. The van der Waals surface area contributed by atoms with Gasteiger partial charge in [-0.2, -0.15) is 0 Å². The first kappa shape index (κ1) is 18.8. The van der Waals surface area contributed by atoms with E-state index in [0.29, 0.717) is 10.8 Å². The van der Waals surface area contributed by atoms with Crippen molar-refractivity contribution in [2.24, 2.45) is 4.99 Å². The molecule has 1 saturated heterocycles. The zero-order valence-electron chi connectivity index (χ0n) is 14.6. The van der Waals surface area contributed by atoms with E-state index in [1.807, 2.05) is 36.1 Å². The Balaban J connectivity index is 1.61. The van der Waals surface area contributed by atoms with Gasteiger partial charge in [0.2, 0.25) is 0 Å². The molecule has 0 amide bonds. The summed E-state index contributed by atoms with van der Waals surface area (Å²) in [5, 5.41) is 1.16. The van der Waals surface area contributed by atoms with Crippen molar-refractivity contribution in [2.75, 3.05) is 16.4 Å². The third kappa shape index (κ3) is 3.86. The normalized spacial score (nSPS) is 23.4. The van der Waals surface area contributed by atoms with Crippen LogP contribution < -0.4 is 4.90 Å². The van der Waals surface area contributed by atoms with E-state index in [0.717, 1.165) is 22.0 Å². The molecular formula is C19H18ClFN2O2S2. The van der Waals surface area contributed by atoms with Gasteiger partial charge >= 0.3 is 0 Å². The first-order chi connectivity index (χ1) is 12.8. The van der Waals surface area contributed by atoms with Gasteiger partial charge in [-0.05, 0) is 36.8 Å². The fraction of sp³-hybridized carbons (Fsp3) is 0.316. The monoisotopic (exact) mass is 424 g/mol. The van der Waals surface area contributed by atoms with Gasteiger partial charge in [0.25, 0.3) is 0 Å². The summed E-state index contributed by atoms with van der Waals surface area (Å²) in [5.74, 6) is 0.359. The second kappa shape index (κ2) is 7.11. The molecule has 2 heterocycles. The van der Waals surface area contributed by atoms with Gasteiger partial charge in [-0.25, -0.2) is 12.8 Å². The Kier molecular flexibility index (Phi) is 4.94. The van der Waals surface area contributed by atoms with Gasteiger partial charge < -0.3 is 4.90 Å². The van der Waals surface area contributed by atoms with Crippen LogP contribution in [0.1, 0.15) is 11.1 Å². The van der Waals surface area contributed by atoms with Crippen molar-refractivity contribution in [1.29, 1.82) is 0 Å². The van der Waals surface area contributed by atoms with Crippen LogP contribution in [0.3, 0.4) is 0 Å². The van der Waals surface area contributed by atoms with E-state index in [1.165, 1.54) is 23.9 Å². The molecule has 0 radical (unpaired) electrons. The highest BCUT2D eigenvalue weighted by Crippen LogP contribution is 2.36. The minimum atomic E-state index is -3.08. The Bertz CT molecular complexity index is 1010. The van der Waals surface area contributed by atoms with E-state index < -0.39 is 9.84 Å². The number of anilines is 1. The number of sulfone groups is 1. The van der Waals surface area contributed by atoms with Crippen molar-refractivity contribution in [2.45, 2.75) is 24.8 Å². The van der Waals surface area contributed by atoms with Crippen molar-refractivity contribution in [3.8, 4) is 0 Å². The minimum absolute atomic E-state index is 0.0847. The lowest BCUT2D eigenvalue weighted by atomic mass is 10.1. The molecule has 4 nitrogen and oxygen atoms in total. The van der Waals surface area contributed by atoms with Gasteiger partial charge in [-0.3, -0.25) is 4.99 Å². The Hall–Kier alpha value is -1.57. The van der Waals surface area contributed by atoms with Crippen LogP contribution in [0.5, 0.6) is 0 Å². The highest BCUT2D eigenvalue weighted by atomic mass is 35.5. The maximum absolute atomic E-state index is 13.3. The molecule has 0 saturated carbocycles. The second-order valence-corrected chi connectivity index (χ2v) is 10.4. The quantitative estimate of drug-likeness (QED) is 0.745. The van der Waals surface area contributed by atoms with Gasteiger partial charge in [0.05, 0.1) is 23.6 Å². The number of aliphatic imine (C=N–C) groups is 1. The number of hydrogen-bond donors (Lipinski definition) is 0. The number of thioether (sulfide) groups is 1. The predicted molar refractivity (Wildman–Crippen MR) is 110 cm³/mol. The third-order valence-corrected chi connectivity index (χ3v) is 7.86. The molecule has 2 atom stereocenters. The van der Waals surface area contributed by atoms with E-state index in [1.54, 1.807) is 6.07 Å². The lowest BCUT2D eigenvalue weighted by molar-refractivity contribution is 0.601. The third-order valence-electron chi connectivity index (χ3n) is 4.79. The van der Waals surface area contributed by atoms with Crippen LogP contribution in [0.4, 0.5) is 10.1 Å². The van der Waals surface area contributed by atoms with Gasteiger partial charge in [-0.15, -0.1) is 0 Å². The summed E-state index contributed by atoms with van der Waals surface area (Å²) in [5.41, 5.74) is 2.89. The standard InChI is InChI=1S/C19H18ClFN2O2S2/c1-12-2-6-15(7-3-12)23-18-11-27(24,25)10-17(18)22-19(23)26-9-13-4-5-14(21)8-16(13)20/h2-8,17-18H,9-11H2,1H3/t17-,18-/m1/s1. The van der Waals surface area contributed by atoms with E-state index >= 15 is 0 Å². The lowest BCUT2D eigenvalue weighted by Crippen LogP contribution is -2.39. The molecule has 4 rings (SSSR count). The molecule has 142 valence electrons. The van der Waals surface area contributed by atoms with Crippen LogP contribution in [-0.4, -0.2) is 37.2 Å². The summed E-state index contributed by atoms with van der Waals surface area (Å²) in [6.07, 6.45) is 0. The maximum atomic E-state index is 13.3. The SMILES string of the molecule is Cc1ccc(N2C(SCc3ccc(F)cc3Cl)=N[C@@H]3CS(=O)(=O)C[C@H]32)cc1. The van der Waals surface area contributed by atoms with Crippen LogP contribution in [0, 0.1) is 12.7 Å². The fourth-order valence-electron chi connectivity index (χ4n) is 3.42. The van der Waals surface area contributed by atoms with E-state index in [9.17, 15) is 12.8 Å². The number of halogens is 2. The molecule has 27 heavy (non-hydrogen) atoms. The number of benzene rings is 2. The molecule has 1 fully saturated rings. The van der Waals surface area contributed by atoms with E-state index in [2.05, 4.69) is 0 Å². The zero-order chi connectivity index (χ0) is 19.2. The fourth-order valence-corrected chi connectivity index (χ4v) is 6.71. The second-order valence-electron chi connectivity index (χ2n) is 6.85. The molecule has 2 aromatic carbocycles. The van der Waals surface area contributed by atoms with Gasteiger partial charge in [0.1, 0.15) is 5.82 Å². The number of rotatable bonds is 3. The number of hydrogen-bond acceptors (Lipinski definition) is 5. The minimum Gasteiger partial charge on any atom is -0.315 e. The summed E-state index contributed by atoms with van der Waals surface area (Å²) < 4.78 is 37.4. The molecule has 0 aromatic heterocycles. The lowest BCUT2D eigenvalue weighted by Gasteiger charge is -2.26. The summed E-state index contributed by atoms with van der Waals surface area (Å²) in [6, 6.07) is 11.9. The first-order valence-electron chi connectivity index (χ1n) is 8.53. The maximum Gasteiger partial charge on any atom is 0.164 e. The Morgan fingerprint density at radius 1 is 1.22 bits per heavy atom. The van der Waals surface area contributed by atoms with Gasteiger partial charge in [0, 0.05) is 16.5 Å². The molecule has 0 spiro atoms. The Morgan fingerprint density at radius 2 is 1.96 bits per heavy atom. The molecule has 8 heteroatoms. The number of fused-ring (bicyclic) bond motifs is 1. The molecule has 2 aliphatic heterocycles. The van der Waals surface area contributed by atoms with Crippen molar-refractivity contribution < 1.29 is 12.8 Å². The predicted octanol–water partition coefficient (Wildman–Crippen LogP) is 4.06. The first-order valence-corrected chi connectivity index (χ1v) is 11.7. The average molecular weight is 425 g/mol. The highest BCUT2D eigenvalue weighted by Gasteiger charge is 2.47. The van der Waals surface area contributed by atoms with Crippen molar-refractivity contribution in [1.82, 2.24) is 0 Å². The van der Waals surface area contributed by atoms with Crippen LogP contribution in [0.2, 0.25) is 5.02 Å². The Morgan fingerprint density at radius 3 is 2.67 bits per heavy atom. The molecule has 0 unspecified atom stereocenters. The van der Waals surface area contributed by atoms with Crippen LogP contribution in [0.15, 0.2) is 47.5 Å². The number of nitrogens with zero attached hydrogens (tertiary/aromatic N) is 2. The molecule has 2 aromatic rings. The number of aryl methyl sites for hydroxylation is 1. The van der Waals surface area contributed by atoms with Crippen molar-refractivity contribution >= 4 is 44.1 Å². The van der Waals surface area contributed by atoms with Crippen molar-refractivity contribution in [3.63, 3.8) is 0 Å². The Labute approximate surface area is 167 Å². The average Bonchev–Trinajstić information content (AvgIpc) is 3.06. The molecular weight excluding hydrogens is 407 g/mol. The zero-order valence-corrected chi connectivity index (χ0v) is 17.0. The van der Waals surface area contributed by atoms with Crippen LogP contribution in [0.25, 0.3) is 0 Å². The van der Waals surface area contributed by atoms with Crippen molar-refractivity contribution in [3.05, 3.63) is 64.4 Å². The summed E-state index contributed by atoms with van der Waals surface area (Å²) >= 11 is 7.63. The van der Waals surface area contributed by atoms with Gasteiger partial charge in [0.15, 0.2) is 15.0 Å². The molecule has 0 bridgehead atoms. The largest absolute Gasteiger partial charge is 0.315 e. The number of amidine groups is 1. The highest BCUT2D eigenvalue weighted by molar-refractivity contribution is 8.13. The topological polar surface area (TPSA) is 49.7 Å². The van der Waals surface area contributed by atoms with E-state index in [-0.39, 0.29) is 29.4 Å². The molecule has 0 aliphatic carbocycles. The van der Waals surface area contributed by atoms with Crippen LogP contribution in [-0.2, 0) is 15.6 Å². The molecule has 0 N–H and O–H groups in total. The van der Waals surface area contributed by atoms with E-state index in [4.69, 9.17) is 16.6 Å². The smallest absolute Gasteiger partial charge is 0.164 e. The van der Waals surface area contributed by atoms with Crippen LogP contribution >= 0.6 is 23.4 Å².